The smallest absolute Gasteiger partial charge is 0.240 e. The number of nitrogens with zero attached hydrogens (tertiary/aromatic N) is 1. The fourth-order valence-electron chi connectivity index (χ4n) is 1.84. The topological polar surface area (TPSA) is 79.3 Å². The predicted molar refractivity (Wildman–Crippen MR) is 77.9 cm³/mol. The number of benzene rings is 1. The van der Waals surface area contributed by atoms with Crippen LogP contribution in [0, 0.1) is 0 Å². The summed E-state index contributed by atoms with van der Waals surface area (Å²) in [6, 6.07) is 4.81. The quantitative estimate of drug-likeness (QED) is 0.850. The molecule has 0 radical (unpaired) electrons. The zero-order chi connectivity index (χ0) is 14.6. The first-order chi connectivity index (χ1) is 9.56. The number of thiazole rings is 1. The van der Waals surface area contributed by atoms with E-state index < -0.39 is 10.0 Å². The van der Waals surface area contributed by atoms with E-state index in [0.717, 1.165) is 12.0 Å². The van der Waals surface area contributed by atoms with Crippen molar-refractivity contribution in [1.82, 2.24) is 9.71 Å². The average molecular weight is 312 g/mol. The second-order valence-corrected chi connectivity index (χ2v) is 6.73. The van der Waals surface area contributed by atoms with Crippen LogP contribution in [0.1, 0.15) is 23.7 Å². The van der Waals surface area contributed by atoms with Crippen molar-refractivity contribution in [3.8, 4) is 0 Å². The maximum Gasteiger partial charge on any atom is 0.240 e. The van der Waals surface area contributed by atoms with Crippen molar-refractivity contribution in [1.29, 1.82) is 0 Å². The molecule has 0 saturated heterocycles. The van der Waals surface area contributed by atoms with Gasteiger partial charge in [0.1, 0.15) is 0 Å². The van der Waals surface area contributed by atoms with Crippen LogP contribution < -0.4 is 4.72 Å². The summed E-state index contributed by atoms with van der Waals surface area (Å²) in [6.45, 7) is 1.96. The highest BCUT2D eigenvalue weighted by Crippen LogP contribution is 2.17. The fraction of sp³-hybridized carbons (Fsp3) is 0.308. The highest BCUT2D eigenvalue weighted by Gasteiger charge is 2.15. The van der Waals surface area contributed by atoms with Crippen molar-refractivity contribution in [3.63, 3.8) is 0 Å². The van der Waals surface area contributed by atoms with Gasteiger partial charge in [0.15, 0.2) is 0 Å². The summed E-state index contributed by atoms with van der Waals surface area (Å²) in [7, 11) is -3.59. The summed E-state index contributed by atoms with van der Waals surface area (Å²) in [5, 5.41) is 11.1. The Balaban J connectivity index is 2.20. The molecule has 0 bridgehead atoms. The molecule has 0 amide bonds. The minimum atomic E-state index is -3.59. The molecule has 0 spiro atoms. The molecule has 0 fully saturated rings. The van der Waals surface area contributed by atoms with Crippen molar-refractivity contribution >= 4 is 21.4 Å². The summed E-state index contributed by atoms with van der Waals surface area (Å²) in [5.74, 6) is 0. The van der Waals surface area contributed by atoms with Crippen LogP contribution >= 0.6 is 11.3 Å². The van der Waals surface area contributed by atoms with E-state index >= 15 is 0 Å². The average Bonchev–Trinajstić information content (AvgIpc) is 2.97. The Bertz CT molecular complexity index is 667. The molecule has 0 aliphatic heterocycles. The second kappa shape index (κ2) is 6.45. The number of aliphatic hydroxyl groups excluding tert-OH is 1. The second-order valence-electron chi connectivity index (χ2n) is 4.25. The molecule has 0 atom stereocenters. The summed E-state index contributed by atoms with van der Waals surface area (Å²) in [6.07, 6.45) is 0.752. The summed E-state index contributed by atoms with van der Waals surface area (Å²) < 4.78 is 26.9. The minimum Gasteiger partial charge on any atom is -0.392 e. The van der Waals surface area contributed by atoms with Crippen LogP contribution in [0.2, 0.25) is 0 Å². The van der Waals surface area contributed by atoms with Gasteiger partial charge in [0, 0.05) is 5.38 Å². The summed E-state index contributed by atoms with van der Waals surface area (Å²) in [4.78, 5) is 4.19. The monoisotopic (exact) mass is 312 g/mol. The van der Waals surface area contributed by atoms with Crippen LogP contribution in [-0.2, 0) is 29.6 Å². The Morgan fingerprint density at radius 3 is 2.75 bits per heavy atom. The standard InChI is InChI=1S/C13H16N2O3S2/c1-2-10-3-4-13(5-11(10)7-16)20(17,18)15-6-12-8-19-9-14-12/h3-5,8-9,15-16H,2,6-7H2,1H3. The van der Waals surface area contributed by atoms with Crippen LogP contribution in [-0.4, -0.2) is 18.5 Å². The molecule has 7 heteroatoms. The zero-order valence-corrected chi connectivity index (χ0v) is 12.7. The number of sulfonamides is 1. The van der Waals surface area contributed by atoms with E-state index in [9.17, 15) is 13.5 Å². The highest BCUT2D eigenvalue weighted by atomic mass is 32.2. The summed E-state index contributed by atoms with van der Waals surface area (Å²) in [5.41, 5.74) is 3.94. The van der Waals surface area contributed by atoms with Crippen LogP contribution in [0.25, 0.3) is 0 Å². The van der Waals surface area contributed by atoms with Gasteiger partial charge in [0.05, 0.1) is 29.3 Å². The van der Waals surface area contributed by atoms with Gasteiger partial charge >= 0.3 is 0 Å². The van der Waals surface area contributed by atoms with Crippen molar-refractivity contribution < 1.29 is 13.5 Å². The number of aromatic nitrogens is 1. The minimum absolute atomic E-state index is 0.161. The molecule has 0 unspecified atom stereocenters. The summed E-state index contributed by atoms with van der Waals surface area (Å²) >= 11 is 1.42. The number of hydrogen-bond donors (Lipinski definition) is 2. The molecule has 2 aromatic rings. The van der Waals surface area contributed by atoms with E-state index in [4.69, 9.17) is 0 Å². The van der Waals surface area contributed by atoms with Crippen molar-refractivity contribution in [2.24, 2.45) is 0 Å². The number of hydrogen-bond acceptors (Lipinski definition) is 5. The zero-order valence-electron chi connectivity index (χ0n) is 11.0. The Morgan fingerprint density at radius 1 is 1.35 bits per heavy atom. The molecular formula is C13H16N2O3S2. The third kappa shape index (κ3) is 3.43. The maximum absolute atomic E-state index is 12.2. The van der Waals surface area contributed by atoms with Crippen molar-refractivity contribution in [2.75, 3.05) is 0 Å². The molecule has 0 aliphatic rings. The van der Waals surface area contributed by atoms with E-state index in [1.165, 1.54) is 17.4 Å². The van der Waals surface area contributed by atoms with Crippen molar-refractivity contribution in [3.05, 3.63) is 45.9 Å². The molecule has 2 N–H and O–H groups in total. The van der Waals surface area contributed by atoms with Gasteiger partial charge in [-0.3, -0.25) is 0 Å². The van der Waals surface area contributed by atoms with Gasteiger partial charge in [-0.1, -0.05) is 13.0 Å². The lowest BCUT2D eigenvalue weighted by Crippen LogP contribution is -2.23. The lowest BCUT2D eigenvalue weighted by atomic mass is 10.1. The molecule has 0 saturated carbocycles. The van der Waals surface area contributed by atoms with Crippen LogP contribution in [0.3, 0.4) is 0 Å². The first-order valence-corrected chi connectivity index (χ1v) is 8.59. The molecule has 1 aromatic carbocycles. The number of aliphatic hydroxyl groups is 1. The molecule has 1 aromatic heterocycles. The predicted octanol–water partition coefficient (Wildman–Crippen LogP) is 1.68. The highest BCUT2D eigenvalue weighted by molar-refractivity contribution is 7.89. The first kappa shape index (κ1) is 15.1. The van der Waals surface area contributed by atoms with Gasteiger partial charge in [-0.05, 0) is 29.7 Å². The fourth-order valence-corrected chi connectivity index (χ4v) is 3.45. The van der Waals surface area contributed by atoms with Crippen molar-refractivity contribution in [2.45, 2.75) is 31.4 Å². The SMILES string of the molecule is CCc1ccc(S(=O)(=O)NCc2cscn2)cc1CO. The van der Waals surface area contributed by atoms with Gasteiger partial charge in [-0.15, -0.1) is 11.3 Å². The van der Waals surface area contributed by atoms with Gasteiger partial charge in [0.2, 0.25) is 10.0 Å². The third-order valence-electron chi connectivity index (χ3n) is 2.97. The van der Waals surface area contributed by atoms with Crippen LogP contribution in [0.5, 0.6) is 0 Å². The van der Waals surface area contributed by atoms with Crippen LogP contribution in [0.4, 0.5) is 0 Å². The number of rotatable bonds is 6. The Morgan fingerprint density at radius 2 is 2.15 bits per heavy atom. The molecular weight excluding hydrogens is 296 g/mol. The maximum atomic E-state index is 12.2. The number of nitrogens with one attached hydrogen (secondary N) is 1. The Labute approximate surface area is 122 Å². The van der Waals surface area contributed by atoms with Gasteiger partial charge < -0.3 is 5.11 Å². The normalized spacial score (nSPS) is 11.7. The van der Waals surface area contributed by atoms with Gasteiger partial charge in [-0.25, -0.2) is 18.1 Å². The largest absolute Gasteiger partial charge is 0.392 e. The molecule has 5 nitrogen and oxygen atoms in total. The first-order valence-electron chi connectivity index (χ1n) is 6.16. The molecule has 0 aliphatic carbocycles. The number of aryl methyl sites for hydroxylation is 1. The van der Waals surface area contributed by atoms with E-state index in [1.807, 2.05) is 6.92 Å². The Kier molecular flexibility index (Phi) is 4.87. The van der Waals surface area contributed by atoms with E-state index in [1.54, 1.807) is 23.0 Å². The third-order valence-corrected chi connectivity index (χ3v) is 5.00. The molecule has 1 heterocycles. The van der Waals surface area contributed by atoms with Crippen LogP contribution in [0.15, 0.2) is 34.0 Å². The van der Waals surface area contributed by atoms with E-state index in [2.05, 4.69) is 9.71 Å². The molecule has 2 rings (SSSR count). The lowest BCUT2D eigenvalue weighted by molar-refractivity contribution is 0.280. The Hall–Kier alpha value is -1.28. The molecule has 108 valence electrons. The van der Waals surface area contributed by atoms with E-state index in [0.29, 0.717) is 11.3 Å². The lowest BCUT2D eigenvalue weighted by Gasteiger charge is -2.10. The van der Waals surface area contributed by atoms with Gasteiger partial charge in [0.25, 0.3) is 0 Å². The van der Waals surface area contributed by atoms with Gasteiger partial charge in [-0.2, -0.15) is 0 Å². The van der Waals surface area contributed by atoms with E-state index in [-0.39, 0.29) is 18.0 Å². The molecule has 20 heavy (non-hydrogen) atoms.